The molecular weight excluding hydrogens is 693 g/mol. The molecule has 0 N–H and O–H groups in total. The van der Waals surface area contributed by atoms with Crippen LogP contribution >= 0.6 is 0 Å². The summed E-state index contributed by atoms with van der Waals surface area (Å²) < 4.78 is 6.85. The predicted octanol–water partition coefficient (Wildman–Crippen LogP) is 13.2. The van der Waals surface area contributed by atoms with Crippen LogP contribution in [0, 0.1) is 5.92 Å². The molecule has 0 saturated heterocycles. The van der Waals surface area contributed by atoms with Crippen molar-refractivity contribution in [1.29, 1.82) is 0 Å². The summed E-state index contributed by atoms with van der Waals surface area (Å²) in [6, 6.07) is 66.9. The second-order valence-electron chi connectivity index (χ2n) is 15.3. The Kier molecular flexibility index (Phi) is 7.75. The molecule has 0 unspecified atom stereocenters. The predicted molar refractivity (Wildman–Crippen MR) is 231 cm³/mol. The Bertz CT molecular complexity index is 2790. The molecule has 0 fully saturated rings. The topological polar surface area (TPSA) is 35.0 Å². The van der Waals surface area contributed by atoms with Crippen LogP contribution in [0.2, 0.25) is 0 Å². The van der Waals surface area contributed by atoms with Gasteiger partial charge in [0.1, 0.15) is 11.5 Å². The summed E-state index contributed by atoms with van der Waals surface area (Å²) in [7, 11) is 0. The van der Waals surface area contributed by atoms with E-state index in [0.29, 0.717) is 11.7 Å². The molecule has 3 nitrogen and oxygen atoms in total. The fourth-order valence-electron chi connectivity index (χ4n) is 9.44. The van der Waals surface area contributed by atoms with Crippen molar-refractivity contribution < 1.29 is 4.74 Å². The molecule has 1 spiro atoms. The van der Waals surface area contributed by atoms with Gasteiger partial charge in [0, 0.05) is 22.3 Å². The van der Waals surface area contributed by atoms with Crippen molar-refractivity contribution in [3.63, 3.8) is 0 Å². The van der Waals surface area contributed by atoms with E-state index in [1.807, 2.05) is 36.4 Å². The molecule has 0 radical (unpaired) electrons. The average molecular weight is 731 g/mol. The fraction of sp³-hybridized carbons (Fsp3) is 0.0741. The highest BCUT2D eigenvalue weighted by molar-refractivity contribution is 5.89. The minimum atomic E-state index is -0.388. The molecule has 270 valence electrons. The Morgan fingerprint density at radius 1 is 0.474 bits per heavy atom. The number of hydrogen-bond donors (Lipinski definition) is 0. The average Bonchev–Trinajstić information content (AvgIpc) is 3.58. The number of benzene rings is 7. The highest BCUT2D eigenvalue weighted by Gasteiger charge is 2.52. The van der Waals surface area contributed by atoms with E-state index in [1.54, 1.807) is 0 Å². The van der Waals surface area contributed by atoms with Gasteiger partial charge in [0.2, 0.25) is 0 Å². The monoisotopic (exact) mass is 730 g/mol. The third kappa shape index (κ3) is 5.34. The van der Waals surface area contributed by atoms with Crippen LogP contribution < -0.4 is 4.74 Å². The molecule has 1 aliphatic heterocycles. The summed E-state index contributed by atoms with van der Waals surface area (Å²) >= 11 is 0. The van der Waals surface area contributed by atoms with E-state index in [1.165, 1.54) is 50.1 Å². The van der Waals surface area contributed by atoms with Crippen molar-refractivity contribution in [2.75, 3.05) is 0 Å². The van der Waals surface area contributed by atoms with Crippen LogP contribution in [0.3, 0.4) is 0 Å². The van der Waals surface area contributed by atoms with Crippen LogP contribution in [-0.2, 0) is 5.41 Å². The van der Waals surface area contributed by atoms with E-state index in [9.17, 15) is 0 Å². The normalized spacial score (nSPS) is 15.9. The molecule has 2 heterocycles. The van der Waals surface area contributed by atoms with Crippen LogP contribution in [0.1, 0.15) is 35.6 Å². The summed E-state index contributed by atoms with van der Waals surface area (Å²) in [5.41, 5.74) is 17.3. The van der Waals surface area contributed by atoms with Crippen LogP contribution in [-0.4, -0.2) is 9.97 Å². The van der Waals surface area contributed by atoms with Gasteiger partial charge < -0.3 is 4.74 Å². The maximum Gasteiger partial charge on any atom is 0.160 e. The third-order valence-corrected chi connectivity index (χ3v) is 12.1. The van der Waals surface area contributed by atoms with Crippen LogP contribution in [0.15, 0.2) is 205 Å². The van der Waals surface area contributed by atoms with Crippen molar-refractivity contribution in [2.24, 2.45) is 5.92 Å². The fourth-order valence-corrected chi connectivity index (χ4v) is 9.44. The van der Waals surface area contributed by atoms with E-state index in [-0.39, 0.29) is 5.41 Å². The number of ether oxygens (including phenoxy) is 1. The van der Waals surface area contributed by atoms with E-state index in [2.05, 4.69) is 165 Å². The van der Waals surface area contributed by atoms with Crippen LogP contribution in [0.25, 0.3) is 61.7 Å². The molecule has 8 aromatic rings. The number of allylic oxidation sites excluding steroid dienone is 3. The molecule has 3 heteroatoms. The lowest BCUT2D eigenvalue weighted by Gasteiger charge is -2.43. The third-order valence-electron chi connectivity index (χ3n) is 12.1. The second-order valence-corrected chi connectivity index (χ2v) is 15.3. The van der Waals surface area contributed by atoms with Crippen molar-refractivity contribution in [2.45, 2.75) is 18.8 Å². The number of rotatable bonds is 5. The lowest BCUT2D eigenvalue weighted by Crippen LogP contribution is -2.36. The van der Waals surface area contributed by atoms with Gasteiger partial charge in [-0.05, 0) is 80.6 Å². The zero-order chi connectivity index (χ0) is 37.9. The summed E-state index contributed by atoms with van der Waals surface area (Å²) in [6.07, 6.45) is 3.22. The van der Waals surface area contributed by atoms with Crippen molar-refractivity contribution >= 4 is 5.57 Å². The standard InChI is InChI=1S/C54H38N2O/c1-35-32-48-52(57-51-23-13-12-22-47(51)54(48)45-20-10-8-18-42(45)43-19-9-11-21-46(43)54)33-44(35)38-28-24-36(25-29-38)37-26-30-41(31-27-37)53-55-49(39-14-4-2-5-15-39)34-50(56-53)40-16-6-3-7-17-40/h2-31,33-35H,32H2,1H3/t35-/m1/s1. The Hall–Kier alpha value is -7.10. The van der Waals surface area contributed by atoms with Gasteiger partial charge in [0.25, 0.3) is 0 Å². The highest BCUT2D eigenvalue weighted by Crippen LogP contribution is 2.62. The van der Waals surface area contributed by atoms with Crippen molar-refractivity contribution in [3.05, 3.63) is 228 Å². The van der Waals surface area contributed by atoms with Crippen LogP contribution in [0.4, 0.5) is 0 Å². The minimum absolute atomic E-state index is 0.298. The first-order valence-corrected chi connectivity index (χ1v) is 19.8. The molecule has 0 amide bonds. The zero-order valence-corrected chi connectivity index (χ0v) is 31.6. The molecule has 7 aromatic carbocycles. The van der Waals surface area contributed by atoms with E-state index in [0.717, 1.165) is 51.6 Å². The molecular formula is C54H38N2O. The molecule has 0 saturated carbocycles. The van der Waals surface area contributed by atoms with Gasteiger partial charge in [-0.2, -0.15) is 0 Å². The maximum absolute atomic E-state index is 6.85. The molecule has 57 heavy (non-hydrogen) atoms. The lowest BCUT2D eigenvalue weighted by molar-refractivity contribution is 0.383. The lowest BCUT2D eigenvalue weighted by atomic mass is 9.62. The number of para-hydroxylation sites is 1. The molecule has 3 aliphatic rings. The van der Waals surface area contributed by atoms with Gasteiger partial charge >= 0.3 is 0 Å². The van der Waals surface area contributed by atoms with Gasteiger partial charge in [-0.3, -0.25) is 0 Å². The largest absolute Gasteiger partial charge is 0.457 e. The Morgan fingerprint density at radius 3 is 1.53 bits per heavy atom. The smallest absolute Gasteiger partial charge is 0.160 e. The van der Waals surface area contributed by atoms with Crippen molar-refractivity contribution in [1.82, 2.24) is 9.97 Å². The quantitative estimate of drug-likeness (QED) is 0.177. The second kappa shape index (κ2) is 13.3. The summed E-state index contributed by atoms with van der Waals surface area (Å²) in [5, 5.41) is 0. The summed E-state index contributed by atoms with van der Waals surface area (Å²) in [4.78, 5) is 10.1. The molecule has 11 rings (SSSR count). The molecule has 0 bridgehead atoms. The minimum Gasteiger partial charge on any atom is -0.457 e. The van der Waals surface area contributed by atoms with E-state index in [4.69, 9.17) is 14.7 Å². The summed E-state index contributed by atoms with van der Waals surface area (Å²) in [5.74, 6) is 2.91. The first kappa shape index (κ1) is 33.3. The first-order chi connectivity index (χ1) is 28.1. The van der Waals surface area contributed by atoms with Gasteiger partial charge in [-0.25, -0.2) is 9.97 Å². The van der Waals surface area contributed by atoms with Gasteiger partial charge in [-0.15, -0.1) is 0 Å². The Morgan fingerprint density at radius 2 is 0.947 bits per heavy atom. The summed E-state index contributed by atoms with van der Waals surface area (Å²) in [6.45, 7) is 2.36. The molecule has 1 atom stereocenters. The number of aromatic nitrogens is 2. The molecule has 2 aliphatic carbocycles. The van der Waals surface area contributed by atoms with Gasteiger partial charge in [0.05, 0.1) is 16.8 Å². The molecule has 1 aromatic heterocycles. The van der Waals surface area contributed by atoms with Gasteiger partial charge in [0.15, 0.2) is 5.82 Å². The SMILES string of the molecule is C[C@@H]1CC2=C(C=C1c1ccc(-c3ccc(-c4nc(-c5ccccc5)cc(-c5ccccc5)n4)cc3)cc1)Oc1ccccc1C21c2ccccc2-c2ccccc21. The first-order valence-electron chi connectivity index (χ1n) is 19.8. The van der Waals surface area contributed by atoms with E-state index < -0.39 is 0 Å². The van der Waals surface area contributed by atoms with Gasteiger partial charge in [-0.1, -0.05) is 183 Å². The number of nitrogens with zero attached hydrogens (tertiary/aromatic N) is 2. The zero-order valence-electron chi connectivity index (χ0n) is 31.6. The Labute approximate surface area is 333 Å². The maximum atomic E-state index is 6.85. The highest BCUT2D eigenvalue weighted by atomic mass is 16.5. The number of hydrogen-bond acceptors (Lipinski definition) is 3. The van der Waals surface area contributed by atoms with E-state index >= 15 is 0 Å². The van der Waals surface area contributed by atoms with Crippen LogP contribution in [0.5, 0.6) is 5.75 Å². The number of fused-ring (bicyclic) bond motifs is 8. The van der Waals surface area contributed by atoms with Crippen molar-refractivity contribution in [3.8, 4) is 61.9 Å². The Balaban J connectivity index is 0.936.